The Morgan fingerprint density at radius 2 is 0.943 bits per heavy atom. The Morgan fingerprint density at radius 1 is 0.377 bits per heavy atom. The monoisotopic (exact) mass is 692 g/mol. The molecule has 2 heterocycles. The summed E-state index contributed by atoms with van der Waals surface area (Å²) in [6.07, 6.45) is 0. The highest BCUT2D eigenvalue weighted by Crippen LogP contribution is 2.49. The second-order valence-electron chi connectivity index (χ2n) is 13.7. The van der Waals surface area contributed by atoms with Gasteiger partial charge in [-0.15, -0.1) is 0 Å². The summed E-state index contributed by atoms with van der Waals surface area (Å²) in [5.74, 6) is 0. The lowest BCUT2D eigenvalue weighted by Gasteiger charge is -2.27. The van der Waals surface area contributed by atoms with Gasteiger partial charge in [-0.05, 0) is 92.8 Å². The molecule has 3 heteroatoms. The van der Waals surface area contributed by atoms with Gasteiger partial charge in [-0.2, -0.15) is 0 Å². The van der Waals surface area contributed by atoms with Gasteiger partial charge >= 0.3 is 0 Å². The lowest BCUT2D eigenvalue weighted by Crippen LogP contribution is -2.10. The highest BCUT2D eigenvalue weighted by molar-refractivity contribution is 7.99. The van der Waals surface area contributed by atoms with Gasteiger partial charge in [0, 0.05) is 43.2 Å². The van der Waals surface area contributed by atoms with E-state index >= 15 is 0 Å². The molecular formula is C50H32N2S. The number of para-hydroxylation sites is 3. The molecule has 0 saturated heterocycles. The number of hydrogen-bond acceptors (Lipinski definition) is 2. The van der Waals surface area contributed by atoms with E-state index < -0.39 is 0 Å². The molecule has 9 aromatic carbocycles. The predicted octanol–water partition coefficient (Wildman–Crippen LogP) is 14.4. The third-order valence-electron chi connectivity index (χ3n) is 10.8. The van der Waals surface area contributed by atoms with Crippen molar-refractivity contribution in [2.24, 2.45) is 0 Å². The molecule has 0 N–H and O–H groups in total. The average Bonchev–Trinajstić information content (AvgIpc) is 3.57. The van der Waals surface area contributed by atoms with E-state index in [4.69, 9.17) is 0 Å². The van der Waals surface area contributed by atoms with Crippen molar-refractivity contribution in [2.75, 3.05) is 4.90 Å². The van der Waals surface area contributed by atoms with E-state index in [-0.39, 0.29) is 0 Å². The van der Waals surface area contributed by atoms with Gasteiger partial charge in [0.05, 0.1) is 16.7 Å². The molecule has 2 nitrogen and oxygen atoms in total. The highest BCUT2D eigenvalue weighted by atomic mass is 32.2. The fourth-order valence-electron chi connectivity index (χ4n) is 8.31. The molecule has 53 heavy (non-hydrogen) atoms. The molecule has 0 saturated carbocycles. The first kappa shape index (κ1) is 30.1. The molecule has 0 amide bonds. The molecule has 0 aliphatic carbocycles. The number of hydrogen-bond donors (Lipinski definition) is 0. The van der Waals surface area contributed by atoms with Gasteiger partial charge in [0.25, 0.3) is 0 Å². The standard InChI is InChI=1S/C50H32N2S/c1-2-12-37-32-40(31-22-33(37)10-1)51(38-27-23-35(24-28-38)42-16-7-13-34-11-3-4-14-41(34)42)39-29-25-36(26-30-39)43-17-8-20-47-49(43)52-46-19-6-5-15-44(46)45-18-9-21-48(53-47)50(45)52/h1-32H. The van der Waals surface area contributed by atoms with Crippen molar-refractivity contribution in [3.05, 3.63) is 194 Å². The first-order valence-corrected chi connectivity index (χ1v) is 18.9. The van der Waals surface area contributed by atoms with Gasteiger partial charge in [0.1, 0.15) is 0 Å². The summed E-state index contributed by atoms with van der Waals surface area (Å²) in [4.78, 5) is 4.95. The summed E-state index contributed by atoms with van der Waals surface area (Å²) >= 11 is 1.87. The van der Waals surface area contributed by atoms with Crippen LogP contribution in [-0.2, 0) is 0 Å². The summed E-state index contributed by atoms with van der Waals surface area (Å²) in [7, 11) is 0. The second kappa shape index (κ2) is 12.0. The average molecular weight is 693 g/mol. The molecule has 0 fully saturated rings. The Hall–Kier alpha value is -6.55. The second-order valence-corrected chi connectivity index (χ2v) is 14.8. The summed E-state index contributed by atoms with van der Waals surface area (Å²) in [5.41, 5.74) is 12.0. The lowest BCUT2D eigenvalue weighted by atomic mass is 9.98. The van der Waals surface area contributed by atoms with Crippen molar-refractivity contribution < 1.29 is 0 Å². The predicted molar refractivity (Wildman–Crippen MR) is 225 cm³/mol. The van der Waals surface area contributed by atoms with Gasteiger partial charge in [0.2, 0.25) is 0 Å². The first-order valence-electron chi connectivity index (χ1n) is 18.1. The van der Waals surface area contributed by atoms with Crippen LogP contribution in [0.25, 0.3) is 71.3 Å². The maximum atomic E-state index is 2.49. The van der Waals surface area contributed by atoms with E-state index in [0.29, 0.717) is 0 Å². The van der Waals surface area contributed by atoms with Gasteiger partial charge in [-0.1, -0.05) is 151 Å². The molecular weight excluding hydrogens is 661 g/mol. The Balaban J connectivity index is 1.04. The molecule has 10 aromatic rings. The zero-order valence-corrected chi connectivity index (χ0v) is 29.6. The highest BCUT2D eigenvalue weighted by Gasteiger charge is 2.25. The minimum Gasteiger partial charge on any atom is -0.310 e. The number of benzene rings is 9. The number of rotatable bonds is 5. The first-order chi connectivity index (χ1) is 26.3. The Labute approximate surface area is 312 Å². The zero-order chi connectivity index (χ0) is 34.9. The van der Waals surface area contributed by atoms with Gasteiger partial charge in [0.15, 0.2) is 0 Å². The minimum absolute atomic E-state index is 1.11. The van der Waals surface area contributed by atoms with Crippen molar-refractivity contribution >= 4 is 72.2 Å². The fraction of sp³-hybridized carbons (Fsp3) is 0. The molecule has 248 valence electrons. The van der Waals surface area contributed by atoms with Gasteiger partial charge < -0.3 is 9.47 Å². The zero-order valence-electron chi connectivity index (χ0n) is 28.8. The van der Waals surface area contributed by atoms with Crippen LogP contribution < -0.4 is 4.90 Å². The molecule has 0 bridgehead atoms. The molecule has 0 atom stereocenters. The largest absolute Gasteiger partial charge is 0.310 e. The van der Waals surface area contributed by atoms with Crippen LogP contribution in [0.2, 0.25) is 0 Å². The SMILES string of the molecule is c1cc2c(c(-c3ccc(N(c4ccc(-c5cccc6ccccc56)cc4)c4ccc5ccccc5c4)cc3)c1)-n1c3ccccc3c3cccc(c31)S2. The van der Waals surface area contributed by atoms with Crippen molar-refractivity contribution in [1.82, 2.24) is 4.57 Å². The minimum atomic E-state index is 1.11. The summed E-state index contributed by atoms with van der Waals surface area (Å²) in [5, 5.41) is 7.57. The van der Waals surface area contributed by atoms with Crippen molar-refractivity contribution in [1.29, 1.82) is 0 Å². The van der Waals surface area contributed by atoms with Crippen LogP contribution >= 0.6 is 11.8 Å². The topological polar surface area (TPSA) is 8.17 Å². The Kier molecular flexibility index (Phi) is 6.83. The van der Waals surface area contributed by atoms with E-state index in [0.717, 1.165) is 17.1 Å². The summed E-state index contributed by atoms with van der Waals surface area (Å²) < 4.78 is 2.49. The van der Waals surface area contributed by atoms with Crippen LogP contribution in [0.15, 0.2) is 204 Å². The smallest absolute Gasteiger partial charge is 0.0681 e. The maximum absolute atomic E-state index is 2.49. The van der Waals surface area contributed by atoms with Crippen molar-refractivity contribution in [3.63, 3.8) is 0 Å². The van der Waals surface area contributed by atoms with E-state index in [1.54, 1.807) is 0 Å². The Bertz CT molecular complexity index is 3020. The third-order valence-corrected chi connectivity index (χ3v) is 11.9. The molecule has 1 aliphatic heterocycles. The molecule has 0 spiro atoms. The number of aromatic nitrogens is 1. The number of fused-ring (bicyclic) bond motifs is 7. The van der Waals surface area contributed by atoms with Crippen LogP contribution in [0.4, 0.5) is 17.1 Å². The molecule has 11 rings (SSSR count). The van der Waals surface area contributed by atoms with E-state index in [1.807, 2.05) is 11.8 Å². The van der Waals surface area contributed by atoms with Crippen LogP contribution in [0.5, 0.6) is 0 Å². The maximum Gasteiger partial charge on any atom is 0.0681 e. The van der Waals surface area contributed by atoms with Crippen molar-refractivity contribution in [2.45, 2.75) is 9.79 Å². The Morgan fingerprint density at radius 3 is 1.75 bits per heavy atom. The van der Waals surface area contributed by atoms with E-state index in [1.165, 1.54) is 81.1 Å². The third kappa shape index (κ3) is 4.82. The van der Waals surface area contributed by atoms with E-state index in [9.17, 15) is 0 Å². The number of anilines is 3. The lowest BCUT2D eigenvalue weighted by molar-refractivity contribution is 1.09. The summed E-state index contributed by atoms with van der Waals surface area (Å²) in [6, 6.07) is 70.9. The van der Waals surface area contributed by atoms with Crippen LogP contribution in [0, 0.1) is 0 Å². The quantitative estimate of drug-likeness (QED) is 0.177. The van der Waals surface area contributed by atoms with Crippen LogP contribution in [0.1, 0.15) is 0 Å². The fourth-order valence-corrected chi connectivity index (χ4v) is 9.43. The van der Waals surface area contributed by atoms with Gasteiger partial charge in [-0.25, -0.2) is 0 Å². The molecule has 0 radical (unpaired) electrons. The van der Waals surface area contributed by atoms with Gasteiger partial charge in [-0.3, -0.25) is 0 Å². The van der Waals surface area contributed by atoms with Crippen LogP contribution in [0.3, 0.4) is 0 Å². The van der Waals surface area contributed by atoms with Crippen LogP contribution in [-0.4, -0.2) is 4.57 Å². The molecule has 1 aromatic heterocycles. The molecule has 1 aliphatic rings. The van der Waals surface area contributed by atoms with E-state index in [2.05, 4.69) is 204 Å². The number of nitrogens with zero attached hydrogens (tertiary/aromatic N) is 2. The normalized spacial score (nSPS) is 12.1. The van der Waals surface area contributed by atoms with Crippen molar-refractivity contribution in [3.8, 4) is 27.9 Å². The molecule has 0 unspecified atom stereocenters. The summed E-state index contributed by atoms with van der Waals surface area (Å²) in [6.45, 7) is 0.